The third kappa shape index (κ3) is 4.08. The number of carbonyl (C=O) groups is 1. The Kier molecular flexibility index (Phi) is 5.86. The van der Waals surface area contributed by atoms with E-state index in [0.29, 0.717) is 18.7 Å². The fourth-order valence-corrected chi connectivity index (χ4v) is 3.36. The lowest BCUT2D eigenvalue weighted by Crippen LogP contribution is -2.44. The van der Waals surface area contributed by atoms with Gasteiger partial charge in [0, 0.05) is 39.4 Å². The van der Waals surface area contributed by atoms with Crippen LogP contribution in [0.5, 0.6) is 0 Å². The molecule has 0 aliphatic carbocycles. The predicted octanol–water partition coefficient (Wildman–Crippen LogP) is 0.385. The molecule has 2 heterocycles. The first-order valence-electron chi connectivity index (χ1n) is 9.52. The number of hydrogen-bond acceptors (Lipinski definition) is 5. The Labute approximate surface area is 168 Å². The lowest BCUT2D eigenvalue weighted by Gasteiger charge is -2.23. The molecule has 9 nitrogen and oxygen atoms in total. The summed E-state index contributed by atoms with van der Waals surface area (Å²) in [6.07, 6.45) is 1.47. The van der Waals surface area contributed by atoms with E-state index in [4.69, 9.17) is 0 Å². The number of amides is 1. The number of nitrogens with one attached hydrogen (secondary N) is 1. The summed E-state index contributed by atoms with van der Waals surface area (Å²) in [6.45, 7) is 5.59. The number of nitrogens with zero attached hydrogens (tertiary/aromatic N) is 5. The summed E-state index contributed by atoms with van der Waals surface area (Å²) >= 11 is 0. The number of aromatic nitrogens is 4. The van der Waals surface area contributed by atoms with Crippen LogP contribution in [0, 0.1) is 6.92 Å². The molecule has 0 bridgehead atoms. The van der Waals surface area contributed by atoms with Crippen molar-refractivity contribution in [1.29, 1.82) is 0 Å². The summed E-state index contributed by atoms with van der Waals surface area (Å²) in [7, 11) is 3.21. The zero-order chi connectivity index (χ0) is 21.1. The van der Waals surface area contributed by atoms with Crippen molar-refractivity contribution in [1.82, 2.24) is 24.0 Å². The molecule has 154 valence electrons. The minimum atomic E-state index is -0.564. The van der Waals surface area contributed by atoms with E-state index in [1.807, 2.05) is 25.1 Å². The molecule has 0 aliphatic rings. The molecule has 1 aromatic carbocycles. The van der Waals surface area contributed by atoms with E-state index in [0.717, 1.165) is 16.8 Å². The van der Waals surface area contributed by atoms with Gasteiger partial charge in [0.25, 0.3) is 5.56 Å². The molecular weight excluding hydrogens is 372 g/mol. The van der Waals surface area contributed by atoms with Crippen LogP contribution < -0.4 is 21.5 Å². The number of hydrogen-bond donors (Lipinski definition) is 1. The molecule has 1 N–H and O–H groups in total. The Morgan fingerprint density at radius 3 is 2.69 bits per heavy atom. The van der Waals surface area contributed by atoms with Crippen molar-refractivity contribution in [2.75, 3.05) is 24.5 Å². The number of benzene rings is 1. The monoisotopic (exact) mass is 398 g/mol. The van der Waals surface area contributed by atoms with Crippen molar-refractivity contribution < 1.29 is 4.79 Å². The van der Waals surface area contributed by atoms with E-state index in [2.05, 4.69) is 28.2 Å². The van der Waals surface area contributed by atoms with Crippen molar-refractivity contribution in [3.8, 4) is 0 Å². The number of imidazole rings is 1. The molecule has 0 saturated heterocycles. The van der Waals surface area contributed by atoms with Gasteiger partial charge >= 0.3 is 5.69 Å². The fraction of sp³-hybridized carbons (Fsp3) is 0.400. The number of carbonyl (C=O) groups excluding carboxylic acids is 1. The maximum Gasteiger partial charge on any atom is 0.332 e. The van der Waals surface area contributed by atoms with Crippen LogP contribution in [0.3, 0.4) is 0 Å². The van der Waals surface area contributed by atoms with E-state index in [1.165, 1.54) is 23.5 Å². The zero-order valence-electron chi connectivity index (χ0n) is 17.2. The molecule has 3 aromatic rings. The maximum absolute atomic E-state index is 12.7. The largest absolute Gasteiger partial charge is 0.370 e. The second kappa shape index (κ2) is 8.34. The summed E-state index contributed by atoms with van der Waals surface area (Å²) in [5.41, 5.74) is 1.77. The average Bonchev–Trinajstić information content (AvgIpc) is 3.08. The molecule has 0 spiro atoms. The van der Waals surface area contributed by atoms with E-state index in [1.54, 1.807) is 11.6 Å². The smallest absolute Gasteiger partial charge is 0.332 e. The minimum Gasteiger partial charge on any atom is -0.370 e. The van der Waals surface area contributed by atoms with Crippen LogP contribution in [0.25, 0.3) is 11.2 Å². The van der Waals surface area contributed by atoms with E-state index in [-0.39, 0.29) is 18.0 Å². The van der Waals surface area contributed by atoms with Gasteiger partial charge in [0.05, 0.1) is 6.33 Å². The maximum atomic E-state index is 12.7. The van der Waals surface area contributed by atoms with Crippen LogP contribution in [-0.4, -0.2) is 44.2 Å². The van der Waals surface area contributed by atoms with Gasteiger partial charge in [0.2, 0.25) is 5.91 Å². The Morgan fingerprint density at radius 2 is 2.00 bits per heavy atom. The highest BCUT2D eigenvalue weighted by molar-refractivity contribution is 5.76. The number of likely N-dealkylation sites (N-methyl/N-ethyl adjacent to an activating group) is 1. The van der Waals surface area contributed by atoms with E-state index < -0.39 is 11.2 Å². The second-order valence-electron chi connectivity index (χ2n) is 7.03. The van der Waals surface area contributed by atoms with Crippen molar-refractivity contribution in [2.45, 2.75) is 20.4 Å². The van der Waals surface area contributed by atoms with Gasteiger partial charge in [-0.2, -0.15) is 0 Å². The normalized spacial score (nSPS) is 11.0. The quantitative estimate of drug-likeness (QED) is 0.621. The first kappa shape index (κ1) is 20.4. The summed E-state index contributed by atoms with van der Waals surface area (Å²) in [4.78, 5) is 43.8. The number of anilines is 1. The Hall–Kier alpha value is -3.36. The van der Waals surface area contributed by atoms with Gasteiger partial charge in [0.15, 0.2) is 11.2 Å². The Morgan fingerprint density at radius 1 is 1.24 bits per heavy atom. The van der Waals surface area contributed by atoms with Gasteiger partial charge in [-0.1, -0.05) is 12.1 Å². The van der Waals surface area contributed by atoms with Crippen LogP contribution in [0.1, 0.15) is 12.5 Å². The molecule has 0 unspecified atom stereocenters. The van der Waals surface area contributed by atoms with Gasteiger partial charge in [-0.05, 0) is 31.5 Å². The molecule has 0 aliphatic heterocycles. The van der Waals surface area contributed by atoms with Crippen molar-refractivity contribution in [3.63, 3.8) is 0 Å². The molecule has 0 saturated carbocycles. The van der Waals surface area contributed by atoms with E-state index >= 15 is 0 Å². The standard InChI is InChI=1S/C20H26N6O3/c1-5-25(15-8-6-7-14(2)11-15)10-9-21-16(27)12-26-19(28)17-18(22-13-23(17)3)24(4)20(26)29/h6-8,11,13H,5,9-10,12H2,1-4H3,(H,21,27). The summed E-state index contributed by atoms with van der Waals surface area (Å²) < 4.78 is 3.77. The molecule has 0 atom stereocenters. The van der Waals surface area contributed by atoms with Crippen molar-refractivity contribution in [3.05, 3.63) is 57.0 Å². The van der Waals surface area contributed by atoms with Gasteiger partial charge in [-0.25, -0.2) is 14.3 Å². The topological polar surface area (TPSA) is 94.2 Å². The molecule has 1 amide bonds. The van der Waals surface area contributed by atoms with Crippen molar-refractivity contribution >= 4 is 22.8 Å². The highest BCUT2D eigenvalue weighted by atomic mass is 16.2. The van der Waals surface area contributed by atoms with Gasteiger partial charge in [0.1, 0.15) is 6.54 Å². The van der Waals surface area contributed by atoms with Crippen LogP contribution >= 0.6 is 0 Å². The molecule has 0 radical (unpaired) electrons. The predicted molar refractivity (Wildman–Crippen MR) is 112 cm³/mol. The molecule has 9 heteroatoms. The Bertz CT molecular complexity index is 1160. The summed E-state index contributed by atoms with van der Waals surface area (Å²) in [5, 5.41) is 2.80. The Balaban J connectivity index is 1.69. The highest BCUT2D eigenvalue weighted by Crippen LogP contribution is 2.14. The van der Waals surface area contributed by atoms with Gasteiger partial charge < -0.3 is 14.8 Å². The third-order valence-corrected chi connectivity index (χ3v) is 4.96. The zero-order valence-corrected chi connectivity index (χ0v) is 17.2. The second-order valence-corrected chi connectivity index (χ2v) is 7.03. The lowest BCUT2D eigenvalue weighted by atomic mass is 10.2. The van der Waals surface area contributed by atoms with E-state index in [9.17, 15) is 14.4 Å². The fourth-order valence-electron chi connectivity index (χ4n) is 3.36. The third-order valence-electron chi connectivity index (χ3n) is 4.96. The molecule has 0 fully saturated rings. The van der Waals surface area contributed by atoms with Crippen LogP contribution in [0.2, 0.25) is 0 Å². The van der Waals surface area contributed by atoms with Gasteiger partial charge in [-0.3, -0.25) is 14.2 Å². The molecule has 29 heavy (non-hydrogen) atoms. The molecule has 2 aromatic heterocycles. The number of fused-ring (bicyclic) bond motifs is 1. The van der Waals surface area contributed by atoms with Gasteiger partial charge in [-0.15, -0.1) is 0 Å². The molecule has 3 rings (SSSR count). The summed E-state index contributed by atoms with van der Waals surface area (Å²) in [5.74, 6) is -0.383. The SMILES string of the molecule is CCN(CCNC(=O)Cn1c(=O)c2c(ncn2C)n(C)c1=O)c1cccc(C)c1. The number of aryl methyl sites for hydroxylation is 3. The first-order valence-corrected chi connectivity index (χ1v) is 9.52. The lowest BCUT2D eigenvalue weighted by molar-refractivity contribution is -0.121. The minimum absolute atomic E-state index is 0.288. The highest BCUT2D eigenvalue weighted by Gasteiger charge is 2.17. The van der Waals surface area contributed by atoms with Crippen LogP contribution in [-0.2, 0) is 25.4 Å². The number of rotatable bonds is 7. The van der Waals surface area contributed by atoms with Crippen LogP contribution in [0.4, 0.5) is 5.69 Å². The van der Waals surface area contributed by atoms with Crippen LogP contribution in [0.15, 0.2) is 40.2 Å². The average molecular weight is 398 g/mol. The summed E-state index contributed by atoms with van der Waals surface area (Å²) in [6, 6.07) is 8.17. The first-order chi connectivity index (χ1) is 13.8. The molecular formula is C20H26N6O3. The van der Waals surface area contributed by atoms with Crippen molar-refractivity contribution in [2.24, 2.45) is 14.1 Å².